The molecule has 0 spiro atoms. The largest absolute Gasteiger partial charge is 0.330 e. The third kappa shape index (κ3) is 3.57. The second-order valence-corrected chi connectivity index (χ2v) is 3.35. The molecule has 0 fully saturated rings. The van der Waals surface area contributed by atoms with Crippen LogP contribution in [0.15, 0.2) is 11.1 Å². The molecule has 0 aromatic carbocycles. The van der Waals surface area contributed by atoms with E-state index in [1.54, 1.807) is 5.57 Å². The van der Waals surface area contributed by atoms with Crippen LogP contribution >= 0.6 is 0 Å². The number of nitrogens with two attached hydrogens (primary N) is 1. The Balaban J connectivity index is 4.30. The molecule has 0 saturated heterocycles. The molecule has 2 N–H and O–H groups in total. The fourth-order valence-corrected chi connectivity index (χ4v) is 1.38. The summed E-state index contributed by atoms with van der Waals surface area (Å²) < 4.78 is 0. The highest BCUT2D eigenvalue weighted by atomic mass is 14.5. The molecule has 0 amide bonds. The lowest BCUT2D eigenvalue weighted by Crippen LogP contribution is -2.06. The maximum Gasteiger partial charge on any atom is -0.00397 e. The first-order valence-corrected chi connectivity index (χ1v) is 4.52. The van der Waals surface area contributed by atoms with Gasteiger partial charge in [0.2, 0.25) is 0 Å². The highest BCUT2D eigenvalue weighted by Gasteiger charge is 2.04. The van der Waals surface area contributed by atoms with Crippen LogP contribution in [0.5, 0.6) is 0 Å². The van der Waals surface area contributed by atoms with Crippen LogP contribution in [0.3, 0.4) is 0 Å². The summed E-state index contributed by atoms with van der Waals surface area (Å²) in [5, 5.41) is 0. The summed E-state index contributed by atoms with van der Waals surface area (Å²) in [6, 6.07) is 0. The fraction of sp³-hybridized carbons (Fsp3) is 0.800. The van der Waals surface area contributed by atoms with Crippen molar-refractivity contribution in [3.63, 3.8) is 0 Å². The lowest BCUT2D eigenvalue weighted by atomic mass is 9.94. The van der Waals surface area contributed by atoms with Gasteiger partial charge in [0.1, 0.15) is 0 Å². The van der Waals surface area contributed by atoms with Gasteiger partial charge in [-0.15, -0.1) is 0 Å². The van der Waals surface area contributed by atoms with Gasteiger partial charge in [-0.1, -0.05) is 31.9 Å². The Bertz CT molecular complexity index is 134. The van der Waals surface area contributed by atoms with Crippen molar-refractivity contribution in [2.24, 2.45) is 11.7 Å². The number of rotatable bonds is 4. The zero-order chi connectivity index (χ0) is 8.85. The maximum absolute atomic E-state index is 5.53. The molecule has 0 bridgehead atoms. The first kappa shape index (κ1) is 10.7. The minimum atomic E-state index is 0.665. The average Bonchev–Trinajstić information content (AvgIpc) is 1.98. The van der Waals surface area contributed by atoms with Gasteiger partial charge in [0, 0.05) is 0 Å². The smallest absolute Gasteiger partial charge is 0.00397 e. The molecule has 0 aliphatic carbocycles. The summed E-state index contributed by atoms with van der Waals surface area (Å²) in [7, 11) is 0. The predicted octanol–water partition coefficient (Wildman–Crippen LogP) is 2.72. The average molecular weight is 155 g/mol. The molecule has 0 aromatic rings. The minimum absolute atomic E-state index is 0.665. The van der Waals surface area contributed by atoms with Gasteiger partial charge in [0.25, 0.3) is 0 Å². The summed E-state index contributed by atoms with van der Waals surface area (Å²) in [4.78, 5) is 0. The standard InChI is InChI=1S/C10H21N/c1-5-9(4)10(6-7-11)8(2)3/h8H,5-7,11H2,1-4H3/b10-9+. The SMILES string of the molecule is CC/C(C)=C(\CCN)C(C)C. The van der Waals surface area contributed by atoms with E-state index < -0.39 is 0 Å². The van der Waals surface area contributed by atoms with Crippen LogP contribution in [0, 0.1) is 5.92 Å². The maximum atomic E-state index is 5.53. The van der Waals surface area contributed by atoms with Crippen LogP contribution < -0.4 is 5.73 Å². The van der Waals surface area contributed by atoms with Crippen molar-refractivity contribution in [1.82, 2.24) is 0 Å². The van der Waals surface area contributed by atoms with Gasteiger partial charge in [0.05, 0.1) is 0 Å². The van der Waals surface area contributed by atoms with E-state index in [0.717, 1.165) is 19.4 Å². The summed E-state index contributed by atoms with van der Waals surface area (Å²) in [6.45, 7) is 9.68. The molecule has 0 radical (unpaired) electrons. The Morgan fingerprint density at radius 3 is 2.18 bits per heavy atom. The first-order chi connectivity index (χ1) is 5.13. The topological polar surface area (TPSA) is 26.0 Å². The quantitative estimate of drug-likeness (QED) is 0.621. The Morgan fingerprint density at radius 1 is 1.36 bits per heavy atom. The lowest BCUT2D eigenvalue weighted by molar-refractivity contribution is 0.694. The van der Waals surface area contributed by atoms with E-state index in [9.17, 15) is 0 Å². The van der Waals surface area contributed by atoms with E-state index in [1.165, 1.54) is 5.57 Å². The van der Waals surface area contributed by atoms with Crippen molar-refractivity contribution in [1.29, 1.82) is 0 Å². The van der Waals surface area contributed by atoms with Crippen molar-refractivity contribution in [3.05, 3.63) is 11.1 Å². The molecule has 0 aromatic heterocycles. The first-order valence-electron chi connectivity index (χ1n) is 4.52. The second-order valence-electron chi connectivity index (χ2n) is 3.35. The zero-order valence-corrected chi connectivity index (χ0v) is 8.28. The Labute approximate surface area is 70.7 Å². The van der Waals surface area contributed by atoms with E-state index in [2.05, 4.69) is 27.7 Å². The van der Waals surface area contributed by atoms with Gasteiger partial charge in [-0.25, -0.2) is 0 Å². The van der Waals surface area contributed by atoms with Crippen LogP contribution in [0.2, 0.25) is 0 Å². The molecule has 0 aliphatic rings. The van der Waals surface area contributed by atoms with Crippen molar-refractivity contribution in [2.45, 2.75) is 40.5 Å². The summed E-state index contributed by atoms with van der Waals surface area (Å²) in [6.07, 6.45) is 2.23. The van der Waals surface area contributed by atoms with Crippen molar-refractivity contribution >= 4 is 0 Å². The van der Waals surface area contributed by atoms with Crippen LogP contribution in [-0.4, -0.2) is 6.54 Å². The number of allylic oxidation sites excluding steroid dienone is 1. The monoisotopic (exact) mass is 155 g/mol. The molecular formula is C10H21N. The highest BCUT2D eigenvalue weighted by molar-refractivity contribution is 5.13. The molecular weight excluding hydrogens is 134 g/mol. The van der Waals surface area contributed by atoms with E-state index in [-0.39, 0.29) is 0 Å². The summed E-state index contributed by atoms with van der Waals surface area (Å²) in [5.74, 6) is 0.665. The van der Waals surface area contributed by atoms with Gasteiger partial charge in [-0.3, -0.25) is 0 Å². The van der Waals surface area contributed by atoms with Crippen molar-refractivity contribution in [2.75, 3.05) is 6.54 Å². The molecule has 0 saturated carbocycles. The van der Waals surface area contributed by atoms with Gasteiger partial charge in [-0.2, -0.15) is 0 Å². The third-order valence-electron chi connectivity index (χ3n) is 2.19. The molecule has 0 heterocycles. The van der Waals surface area contributed by atoms with Crippen LogP contribution in [0.4, 0.5) is 0 Å². The summed E-state index contributed by atoms with van der Waals surface area (Å²) >= 11 is 0. The van der Waals surface area contributed by atoms with E-state index in [4.69, 9.17) is 5.73 Å². The molecule has 11 heavy (non-hydrogen) atoms. The molecule has 0 atom stereocenters. The number of hydrogen-bond donors (Lipinski definition) is 1. The lowest BCUT2D eigenvalue weighted by Gasteiger charge is -2.13. The van der Waals surface area contributed by atoms with Crippen LogP contribution in [0.25, 0.3) is 0 Å². The summed E-state index contributed by atoms with van der Waals surface area (Å²) in [5.41, 5.74) is 8.60. The van der Waals surface area contributed by atoms with Crippen molar-refractivity contribution in [3.8, 4) is 0 Å². The normalized spacial score (nSPS) is 13.6. The molecule has 0 unspecified atom stereocenters. The van der Waals surface area contributed by atoms with E-state index >= 15 is 0 Å². The Hall–Kier alpha value is -0.300. The molecule has 1 heteroatoms. The van der Waals surface area contributed by atoms with Gasteiger partial charge in [0.15, 0.2) is 0 Å². The fourth-order valence-electron chi connectivity index (χ4n) is 1.38. The highest BCUT2D eigenvalue weighted by Crippen LogP contribution is 2.19. The number of hydrogen-bond acceptors (Lipinski definition) is 1. The van der Waals surface area contributed by atoms with Gasteiger partial charge < -0.3 is 5.73 Å². The van der Waals surface area contributed by atoms with Crippen molar-refractivity contribution < 1.29 is 0 Å². The van der Waals surface area contributed by atoms with E-state index in [0.29, 0.717) is 5.92 Å². The third-order valence-corrected chi connectivity index (χ3v) is 2.19. The second kappa shape index (κ2) is 5.36. The Morgan fingerprint density at radius 2 is 1.91 bits per heavy atom. The molecule has 0 rings (SSSR count). The minimum Gasteiger partial charge on any atom is -0.330 e. The molecule has 66 valence electrons. The van der Waals surface area contributed by atoms with Gasteiger partial charge >= 0.3 is 0 Å². The predicted molar refractivity (Wildman–Crippen MR) is 51.5 cm³/mol. The van der Waals surface area contributed by atoms with Crippen LogP contribution in [0.1, 0.15) is 40.5 Å². The Kier molecular flexibility index (Phi) is 5.22. The zero-order valence-electron chi connectivity index (χ0n) is 8.28. The molecule has 1 nitrogen and oxygen atoms in total. The van der Waals surface area contributed by atoms with E-state index in [1.807, 2.05) is 0 Å². The van der Waals surface area contributed by atoms with Gasteiger partial charge in [-0.05, 0) is 32.2 Å². The van der Waals surface area contributed by atoms with Crippen LogP contribution in [-0.2, 0) is 0 Å². The molecule has 0 aliphatic heterocycles.